The predicted octanol–water partition coefficient (Wildman–Crippen LogP) is 3.28. The van der Waals surface area contributed by atoms with Crippen LogP contribution in [-0.2, 0) is 5.75 Å². The molecule has 1 unspecified atom stereocenters. The zero-order chi connectivity index (χ0) is 14.3. The lowest BCUT2D eigenvalue weighted by atomic mass is 10.1. The van der Waals surface area contributed by atoms with Gasteiger partial charge in [0.25, 0.3) is 0 Å². The summed E-state index contributed by atoms with van der Waals surface area (Å²) < 4.78 is 5.29. The van der Waals surface area contributed by atoms with Crippen LogP contribution in [0.4, 0.5) is 0 Å². The van der Waals surface area contributed by atoms with Gasteiger partial charge in [0, 0.05) is 16.6 Å². The van der Waals surface area contributed by atoms with Crippen LogP contribution in [-0.4, -0.2) is 18.9 Å². The minimum absolute atomic E-state index is 0.390. The summed E-state index contributed by atoms with van der Waals surface area (Å²) in [6.45, 7) is 7.15. The lowest BCUT2D eigenvalue weighted by molar-refractivity contribution is 0.414. The average molecular weight is 277 g/mol. The molecule has 0 bridgehead atoms. The molecule has 0 amide bonds. The maximum atomic E-state index is 5.44. The minimum atomic E-state index is 0.390. The molecule has 1 aromatic rings. The quantitative estimate of drug-likeness (QED) is 0.839. The Morgan fingerprint density at radius 1 is 1.32 bits per heavy atom. The Morgan fingerprint density at radius 2 is 2.05 bits per heavy atom. The van der Waals surface area contributed by atoms with Crippen molar-refractivity contribution in [2.24, 2.45) is 11.7 Å². The van der Waals surface area contributed by atoms with E-state index in [1.807, 2.05) is 23.9 Å². The monoisotopic (exact) mass is 277 g/mol. The third kappa shape index (κ3) is 5.18. The summed E-state index contributed by atoms with van der Waals surface area (Å²) >= 11 is 1.95. The molecule has 0 aromatic heterocycles. The van der Waals surface area contributed by atoms with Crippen LogP contribution >= 0.6 is 11.8 Å². The van der Waals surface area contributed by atoms with E-state index in [9.17, 15) is 0 Å². The molecule has 3 heteroatoms. The fourth-order valence-electron chi connectivity index (χ4n) is 1.50. The highest BCUT2D eigenvalue weighted by atomic mass is 32.2. The van der Waals surface area contributed by atoms with E-state index in [1.54, 1.807) is 7.11 Å². The van der Waals surface area contributed by atoms with Crippen LogP contribution in [0.3, 0.4) is 0 Å². The Balaban J connectivity index is 2.88. The SMILES string of the molecule is COc1ccc(C#CCN)c(CSC(C)C(C)C)c1. The summed E-state index contributed by atoms with van der Waals surface area (Å²) in [5.74, 6) is 8.56. The minimum Gasteiger partial charge on any atom is -0.497 e. The maximum Gasteiger partial charge on any atom is 0.119 e. The van der Waals surface area contributed by atoms with Gasteiger partial charge in [-0.1, -0.05) is 32.6 Å². The maximum absolute atomic E-state index is 5.44. The van der Waals surface area contributed by atoms with Crippen molar-refractivity contribution in [3.05, 3.63) is 29.3 Å². The van der Waals surface area contributed by atoms with Gasteiger partial charge >= 0.3 is 0 Å². The number of benzene rings is 1. The molecule has 0 radical (unpaired) electrons. The van der Waals surface area contributed by atoms with Gasteiger partial charge in [0.1, 0.15) is 5.75 Å². The van der Waals surface area contributed by atoms with Gasteiger partial charge in [-0.2, -0.15) is 11.8 Å². The van der Waals surface area contributed by atoms with Crippen molar-refractivity contribution < 1.29 is 4.74 Å². The molecule has 1 aromatic carbocycles. The van der Waals surface area contributed by atoms with Crippen LogP contribution in [0.15, 0.2) is 18.2 Å². The Kier molecular flexibility index (Phi) is 6.83. The summed E-state index contributed by atoms with van der Waals surface area (Å²) in [4.78, 5) is 0. The second-order valence-electron chi connectivity index (χ2n) is 4.79. The summed E-state index contributed by atoms with van der Waals surface area (Å²) in [6, 6.07) is 6.03. The number of methoxy groups -OCH3 is 1. The molecule has 0 spiro atoms. The Labute approximate surface area is 121 Å². The van der Waals surface area contributed by atoms with E-state index in [1.165, 1.54) is 5.56 Å². The van der Waals surface area contributed by atoms with Crippen LogP contribution in [0.1, 0.15) is 31.9 Å². The number of rotatable bonds is 5. The molecular formula is C16H23NOS. The van der Waals surface area contributed by atoms with E-state index in [0.29, 0.717) is 17.7 Å². The Morgan fingerprint density at radius 3 is 2.63 bits per heavy atom. The third-order valence-corrected chi connectivity index (χ3v) is 4.63. The van der Waals surface area contributed by atoms with E-state index >= 15 is 0 Å². The second-order valence-corrected chi connectivity index (χ2v) is 6.15. The number of nitrogens with two attached hydrogens (primary N) is 1. The first-order chi connectivity index (χ1) is 9.08. The van der Waals surface area contributed by atoms with Gasteiger partial charge in [-0.15, -0.1) is 0 Å². The van der Waals surface area contributed by atoms with Crippen molar-refractivity contribution in [1.82, 2.24) is 0 Å². The van der Waals surface area contributed by atoms with Crippen LogP contribution in [0.2, 0.25) is 0 Å². The van der Waals surface area contributed by atoms with Crippen molar-refractivity contribution in [2.75, 3.05) is 13.7 Å². The van der Waals surface area contributed by atoms with Crippen LogP contribution in [0.25, 0.3) is 0 Å². The number of hydrogen-bond donors (Lipinski definition) is 1. The molecular weight excluding hydrogens is 254 g/mol. The van der Waals surface area contributed by atoms with E-state index in [2.05, 4.69) is 38.7 Å². The lowest BCUT2D eigenvalue weighted by Crippen LogP contribution is -2.06. The molecule has 19 heavy (non-hydrogen) atoms. The van der Waals surface area contributed by atoms with E-state index in [-0.39, 0.29) is 0 Å². The van der Waals surface area contributed by atoms with Crippen molar-refractivity contribution in [3.63, 3.8) is 0 Å². The molecule has 2 nitrogen and oxygen atoms in total. The summed E-state index contributed by atoms with van der Waals surface area (Å²) in [7, 11) is 1.69. The highest BCUT2D eigenvalue weighted by Crippen LogP contribution is 2.26. The molecule has 0 saturated carbocycles. The van der Waals surface area contributed by atoms with Gasteiger partial charge in [0.15, 0.2) is 0 Å². The molecule has 0 fully saturated rings. The normalized spacial score (nSPS) is 11.9. The number of thioether (sulfide) groups is 1. The fourth-order valence-corrected chi connectivity index (χ4v) is 2.56. The lowest BCUT2D eigenvalue weighted by Gasteiger charge is -2.15. The van der Waals surface area contributed by atoms with E-state index in [4.69, 9.17) is 10.5 Å². The molecule has 0 aliphatic carbocycles. The first-order valence-corrected chi connectivity index (χ1v) is 7.60. The molecule has 0 aliphatic heterocycles. The van der Waals surface area contributed by atoms with Gasteiger partial charge in [-0.05, 0) is 29.7 Å². The fraction of sp³-hybridized carbons (Fsp3) is 0.500. The molecule has 2 N–H and O–H groups in total. The Hall–Kier alpha value is -1.11. The number of ether oxygens (including phenoxy) is 1. The molecule has 0 saturated heterocycles. The Bertz CT molecular complexity index is 460. The molecule has 104 valence electrons. The number of hydrogen-bond acceptors (Lipinski definition) is 3. The third-order valence-electron chi connectivity index (χ3n) is 3.08. The zero-order valence-electron chi connectivity index (χ0n) is 12.2. The summed E-state index contributed by atoms with van der Waals surface area (Å²) in [5, 5.41) is 0.626. The van der Waals surface area contributed by atoms with Crippen molar-refractivity contribution in [1.29, 1.82) is 0 Å². The largest absolute Gasteiger partial charge is 0.497 e. The highest BCUT2D eigenvalue weighted by Gasteiger charge is 2.10. The van der Waals surface area contributed by atoms with Gasteiger partial charge < -0.3 is 10.5 Å². The van der Waals surface area contributed by atoms with E-state index < -0.39 is 0 Å². The van der Waals surface area contributed by atoms with Crippen LogP contribution in [0.5, 0.6) is 5.75 Å². The van der Waals surface area contributed by atoms with Gasteiger partial charge in [0.2, 0.25) is 0 Å². The highest BCUT2D eigenvalue weighted by molar-refractivity contribution is 7.99. The molecule has 1 rings (SSSR count). The average Bonchev–Trinajstić information content (AvgIpc) is 2.42. The van der Waals surface area contributed by atoms with Crippen LogP contribution < -0.4 is 10.5 Å². The molecule has 0 heterocycles. The van der Waals surface area contributed by atoms with Crippen molar-refractivity contribution in [2.45, 2.75) is 31.8 Å². The van der Waals surface area contributed by atoms with E-state index in [0.717, 1.165) is 17.1 Å². The molecule has 0 aliphatic rings. The topological polar surface area (TPSA) is 35.2 Å². The standard InChI is InChI=1S/C16H23NOS/c1-12(2)13(3)19-11-15-10-16(18-4)8-7-14(15)6-5-9-17/h7-8,10,12-13H,9,11,17H2,1-4H3. The second kappa shape index (κ2) is 8.14. The van der Waals surface area contributed by atoms with Crippen molar-refractivity contribution in [3.8, 4) is 17.6 Å². The predicted molar refractivity (Wildman–Crippen MR) is 84.5 cm³/mol. The van der Waals surface area contributed by atoms with Gasteiger partial charge in [0.05, 0.1) is 13.7 Å². The van der Waals surface area contributed by atoms with Gasteiger partial charge in [-0.25, -0.2) is 0 Å². The van der Waals surface area contributed by atoms with Crippen LogP contribution in [0, 0.1) is 17.8 Å². The zero-order valence-corrected chi connectivity index (χ0v) is 13.0. The first-order valence-electron chi connectivity index (χ1n) is 6.56. The van der Waals surface area contributed by atoms with Crippen molar-refractivity contribution >= 4 is 11.8 Å². The smallest absolute Gasteiger partial charge is 0.119 e. The summed E-state index contributed by atoms with van der Waals surface area (Å²) in [5.41, 5.74) is 7.71. The van der Waals surface area contributed by atoms with Gasteiger partial charge in [-0.3, -0.25) is 0 Å². The summed E-state index contributed by atoms with van der Waals surface area (Å²) in [6.07, 6.45) is 0. The first kappa shape index (κ1) is 15.9. The molecule has 1 atom stereocenters.